The van der Waals surface area contributed by atoms with Crippen LogP contribution in [-0.2, 0) is 6.42 Å². The predicted octanol–water partition coefficient (Wildman–Crippen LogP) is 2.81. The molecule has 2 nitrogen and oxygen atoms in total. The molecule has 17 heavy (non-hydrogen) atoms. The van der Waals surface area contributed by atoms with E-state index in [1.54, 1.807) is 0 Å². The summed E-state index contributed by atoms with van der Waals surface area (Å²) in [6.07, 6.45) is 2.45. The number of fused-ring (bicyclic) bond motifs is 1. The van der Waals surface area contributed by atoms with Gasteiger partial charge in [0.15, 0.2) is 0 Å². The lowest BCUT2D eigenvalue weighted by Gasteiger charge is -2.37. The van der Waals surface area contributed by atoms with Gasteiger partial charge in [0.1, 0.15) is 0 Å². The van der Waals surface area contributed by atoms with E-state index in [1.807, 2.05) is 0 Å². The highest BCUT2D eigenvalue weighted by molar-refractivity contribution is 5.55. The molecular formula is C15H24N2. The Balaban J connectivity index is 2.14. The van der Waals surface area contributed by atoms with Gasteiger partial charge in [-0.15, -0.1) is 0 Å². The third kappa shape index (κ3) is 2.81. The van der Waals surface area contributed by atoms with E-state index in [9.17, 15) is 0 Å². The molecule has 1 heterocycles. The smallest absolute Gasteiger partial charge is 0.0399 e. The minimum atomic E-state index is 0.173. The van der Waals surface area contributed by atoms with Crippen LogP contribution < -0.4 is 10.6 Å². The van der Waals surface area contributed by atoms with E-state index in [-0.39, 0.29) is 11.5 Å². The van der Waals surface area contributed by atoms with E-state index in [0.717, 1.165) is 13.1 Å². The van der Waals surface area contributed by atoms with Crippen molar-refractivity contribution in [2.24, 2.45) is 11.1 Å². The quantitative estimate of drug-likeness (QED) is 0.849. The number of nitrogens with two attached hydrogens (primary N) is 1. The van der Waals surface area contributed by atoms with Gasteiger partial charge in [0.05, 0.1) is 0 Å². The van der Waals surface area contributed by atoms with Crippen LogP contribution in [0.5, 0.6) is 0 Å². The summed E-state index contributed by atoms with van der Waals surface area (Å²) in [5.74, 6) is 0. The summed E-state index contributed by atoms with van der Waals surface area (Å²) in [4.78, 5) is 2.45. The Morgan fingerprint density at radius 2 is 2.00 bits per heavy atom. The molecule has 2 rings (SSSR count). The van der Waals surface area contributed by atoms with Crippen molar-refractivity contribution < 1.29 is 0 Å². The van der Waals surface area contributed by atoms with Gasteiger partial charge in [-0.3, -0.25) is 0 Å². The number of aryl methyl sites for hydroxylation is 1. The van der Waals surface area contributed by atoms with E-state index in [2.05, 4.69) is 49.9 Å². The number of nitrogens with zero attached hydrogens (tertiary/aromatic N) is 1. The van der Waals surface area contributed by atoms with Gasteiger partial charge >= 0.3 is 0 Å². The average Bonchev–Trinajstić information content (AvgIpc) is 2.28. The largest absolute Gasteiger partial charge is 0.370 e. The van der Waals surface area contributed by atoms with Crippen molar-refractivity contribution in [1.82, 2.24) is 0 Å². The van der Waals surface area contributed by atoms with Gasteiger partial charge < -0.3 is 10.6 Å². The summed E-state index contributed by atoms with van der Waals surface area (Å²) in [6, 6.07) is 8.94. The van der Waals surface area contributed by atoms with Crippen LogP contribution in [0.4, 0.5) is 5.69 Å². The first-order valence-corrected chi connectivity index (χ1v) is 6.57. The molecule has 0 amide bonds. The highest BCUT2D eigenvalue weighted by Gasteiger charge is 2.25. The van der Waals surface area contributed by atoms with Crippen LogP contribution in [0, 0.1) is 5.41 Å². The normalized spacial score (nSPS) is 17.8. The van der Waals surface area contributed by atoms with Gasteiger partial charge in [0.25, 0.3) is 0 Å². The Morgan fingerprint density at radius 3 is 2.71 bits per heavy atom. The van der Waals surface area contributed by atoms with Crippen molar-refractivity contribution in [1.29, 1.82) is 0 Å². The Labute approximate surface area is 105 Å². The van der Waals surface area contributed by atoms with Crippen LogP contribution >= 0.6 is 0 Å². The number of benzene rings is 1. The molecule has 1 aliphatic heterocycles. The minimum Gasteiger partial charge on any atom is -0.370 e. The number of hydrogen-bond acceptors (Lipinski definition) is 2. The first-order chi connectivity index (χ1) is 7.98. The molecule has 2 N–H and O–H groups in total. The Bertz CT molecular complexity index is 379. The lowest BCUT2D eigenvalue weighted by atomic mass is 9.86. The van der Waals surface area contributed by atoms with Gasteiger partial charge in [0, 0.05) is 24.8 Å². The van der Waals surface area contributed by atoms with Crippen LogP contribution in [0.15, 0.2) is 24.3 Å². The molecule has 0 radical (unpaired) electrons. The molecule has 0 fully saturated rings. The van der Waals surface area contributed by atoms with Gasteiger partial charge in [-0.05, 0) is 29.9 Å². The zero-order valence-electron chi connectivity index (χ0n) is 11.2. The molecule has 1 aromatic rings. The van der Waals surface area contributed by atoms with E-state index >= 15 is 0 Å². The van der Waals surface area contributed by atoms with Crippen molar-refractivity contribution >= 4 is 5.69 Å². The van der Waals surface area contributed by atoms with E-state index < -0.39 is 0 Å². The Kier molecular flexibility index (Phi) is 3.43. The molecule has 94 valence electrons. The maximum atomic E-state index is 6.30. The SMILES string of the molecule is CC(C)(C)C(N)CN1CCCc2ccccc21. The summed E-state index contributed by atoms with van der Waals surface area (Å²) in [5, 5.41) is 0. The number of hydrogen-bond donors (Lipinski definition) is 1. The van der Waals surface area contributed by atoms with Crippen molar-refractivity contribution in [3.63, 3.8) is 0 Å². The van der Waals surface area contributed by atoms with Crippen molar-refractivity contribution in [3.8, 4) is 0 Å². The van der Waals surface area contributed by atoms with Crippen LogP contribution in [0.3, 0.4) is 0 Å². The Morgan fingerprint density at radius 1 is 1.29 bits per heavy atom. The van der Waals surface area contributed by atoms with Crippen molar-refractivity contribution in [2.45, 2.75) is 39.7 Å². The first kappa shape index (κ1) is 12.4. The standard InChI is InChI=1S/C15H24N2/c1-15(2,3)14(16)11-17-10-6-8-12-7-4-5-9-13(12)17/h4-5,7,9,14H,6,8,10-11,16H2,1-3H3. The van der Waals surface area contributed by atoms with Crippen LogP contribution in [0.1, 0.15) is 32.8 Å². The molecule has 1 aromatic carbocycles. The molecule has 0 saturated carbocycles. The molecule has 0 saturated heterocycles. The fraction of sp³-hybridized carbons (Fsp3) is 0.600. The molecular weight excluding hydrogens is 208 g/mol. The van der Waals surface area contributed by atoms with E-state index in [0.29, 0.717) is 0 Å². The van der Waals surface area contributed by atoms with Gasteiger partial charge in [-0.2, -0.15) is 0 Å². The molecule has 0 bridgehead atoms. The van der Waals surface area contributed by atoms with Crippen LogP contribution in [0.25, 0.3) is 0 Å². The molecule has 2 heteroatoms. The lowest BCUT2D eigenvalue weighted by Crippen LogP contribution is -2.46. The second-order valence-corrected chi connectivity index (χ2v) is 6.15. The second kappa shape index (κ2) is 4.69. The van der Waals surface area contributed by atoms with Gasteiger partial charge in [0.2, 0.25) is 0 Å². The zero-order valence-corrected chi connectivity index (χ0v) is 11.2. The summed E-state index contributed by atoms with van der Waals surface area (Å²) in [7, 11) is 0. The molecule has 1 atom stereocenters. The highest BCUT2D eigenvalue weighted by Crippen LogP contribution is 2.28. The highest BCUT2D eigenvalue weighted by atomic mass is 15.1. The topological polar surface area (TPSA) is 29.3 Å². The second-order valence-electron chi connectivity index (χ2n) is 6.15. The lowest BCUT2D eigenvalue weighted by molar-refractivity contribution is 0.319. The summed E-state index contributed by atoms with van der Waals surface area (Å²) in [5.41, 5.74) is 9.33. The van der Waals surface area contributed by atoms with Gasteiger partial charge in [-0.1, -0.05) is 39.0 Å². The van der Waals surface area contributed by atoms with E-state index in [1.165, 1.54) is 24.1 Å². The maximum absolute atomic E-state index is 6.30. The van der Waals surface area contributed by atoms with Crippen LogP contribution in [-0.4, -0.2) is 19.1 Å². The average molecular weight is 232 g/mol. The zero-order chi connectivity index (χ0) is 12.5. The Hall–Kier alpha value is -1.02. The fourth-order valence-corrected chi connectivity index (χ4v) is 2.31. The minimum absolute atomic E-state index is 0.173. The van der Waals surface area contributed by atoms with Crippen molar-refractivity contribution in [2.75, 3.05) is 18.0 Å². The van der Waals surface area contributed by atoms with E-state index in [4.69, 9.17) is 5.73 Å². The third-order valence-electron chi connectivity index (χ3n) is 3.74. The van der Waals surface area contributed by atoms with Gasteiger partial charge in [-0.25, -0.2) is 0 Å². The summed E-state index contributed by atoms with van der Waals surface area (Å²) >= 11 is 0. The maximum Gasteiger partial charge on any atom is 0.0399 e. The molecule has 1 aliphatic rings. The number of para-hydroxylation sites is 1. The third-order valence-corrected chi connectivity index (χ3v) is 3.74. The fourth-order valence-electron chi connectivity index (χ4n) is 2.31. The number of rotatable bonds is 2. The summed E-state index contributed by atoms with van der Waals surface area (Å²) in [6.45, 7) is 8.75. The molecule has 1 unspecified atom stereocenters. The summed E-state index contributed by atoms with van der Waals surface area (Å²) < 4.78 is 0. The number of anilines is 1. The molecule has 0 spiro atoms. The monoisotopic (exact) mass is 232 g/mol. The predicted molar refractivity (Wildman–Crippen MR) is 74.4 cm³/mol. The van der Waals surface area contributed by atoms with Crippen LogP contribution in [0.2, 0.25) is 0 Å². The van der Waals surface area contributed by atoms with Crippen molar-refractivity contribution in [3.05, 3.63) is 29.8 Å². The molecule has 0 aliphatic carbocycles. The first-order valence-electron chi connectivity index (χ1n) is 6.57. The molecule has 0 aromatic heterocycles.